The van der Waals surface area contributed by atoms with Gasteiger partial charge in [-0.1, -0.05) is 60.7 Å². The highest BCUT2D eigenvalue weighted by molar-refractivity contribution is 6.07. The molecule has 3 N–H and O–H groups in total. The molecule has 308 valence electrons. The lowest BCUT2D eigenvalue weighted by Crippen LogP contribution is -2.31. The van der Waals surface area contributed by atoms with Crippen LogP contribution in [0.3, 0.4) is 0 Å². The number of nitrogens with zero attached hydrogens (tertiary/aromatic N) is 8. The number of fused-ring (bicyclic) bond motifs is 12. The summed E-state index contributed by atoms with van der Waals surface area (Å²) in [5.41, 5.74) is 14.3. The molecule has 0 saturated carbocycles. The van der Waals surface area contributed by atoms with Crippen LogP contribution < -0.4 is 11.1 Å². The number of nitrogens with two attached hydrogens (primary N) is 1. The standard InChI is InChI=1S/C23H21N5O.C21H15N3O2.C4H12N2/c1-27(2)12-11-24-23(29)17-14-16-13-15-7-3-4-8-18(15)25-21(16)28-20-10-6-5-9-19(20)26-22(17)28;1-2-26-21(25)15-12-14-11-13-7-3-4-8-16(13)22-19(14)24-18-10-6-5-9-17(18)23-20(15)24;1-6(2)4-3-5/h3-10,13-14H,11-12H2,1-2H3,(H,24,29);3-12H,2H2,1H3;3-5H2,1-2H3. The lowest BCUT2D eigenvalue weighted by molar-refractivity contribution is 0.0528. The number of para-hydroxylation sites is 6. The van der Waals surface area contributed by atoms with E-state index < -0.39 is 0 Å². The minimum Gasteiger partial charge on any atom is -0.462 e. The van der Waals surface area contributed by atoms with Gasteiger partial charge in [0.1, 0.15) is 16.9 Å². The van der Waals surface area contributed by atoms with E-state index in [0.29, 0.717) is 35.6 Å². The molecule has 6 aromatic heterocycles. The molecule has 0 spiro atoms. The molecule has 0 aliphatic heterocycles. The summed E-state index contributed by atoms with van der Waals surface area (Å²) in [6.45, 7) is 5.21. The number of esters is 1. The smallest absolute Gasteiger partial charge is 0.341 e. The Bertz CT molecular complexity index is 3230. The first-order valence-electron chi connectivity index (χ1n) is 20.3. The highest BCUT2D eigenvalue weighted by atomic mass is 16.5. The number of hydrogen-bond donors (Lipinski definition) is 2. The summed E-state index contributed by atoms with van der Waals surface area (Å²) in [6, 6.07) is 39.6. The maximum Gasteiger partial charge on any atom is 0.341 e. The van der Waals surface area contributed by atoms with Gasteiger partial charge in [-0.3, -0.25) is 13.6 Å². The first-order valence-corrected chi connectivity index (χ1v) is 20.3. The Morgan fingerprint density at radius 1 is 0.574 bits per heavy atom. The van der Waals surface area contributed by atoms with Crippen molar-refractivity contribution in [2.24, 2.45) is 5.73 Å². The largest absolute Gasteiger partial charge is 0.462 e. The third-order valence-electron chi connectivity index (χ3n) is 10.3. The fraction of sp³-hybridized carbons (Fsp3) is 0.208. The Morgan fingerprint density at radius 3 is 1.49 bits per heavy atom. The molecule has 0 fully saturated rings. The number of imidazole rings is 2. The number of hydrogen-bond acceptors (Lipinski definition) is 10. The molecule has 10 aromatic rings. The number of likely N-dealkylation sites (N-methyl/N-ethyl adjacent to an activating group) is 2. The van der Waals surface area contributed by atoms with Crippen molar-refractivity contribution in [1.29, 1.82) is 0 Å². The molecule has 0 saturated heterocycles. The average molecular weight is 813 g/mol. The molecule has 0 aliphatic carbocycles. The summed E-state index contributed by atoms with van der Waals surface area (Å²) in [5, 5.41) is 6.88. The zero-order valence-electron chi connectivity index (χ0n) is 35.0. The van der Waals surface area contributed by atoms with Crippen molar-refractivity contribution in [3.8, 4) is 0 Å². The molecule has 1 amide bonds. The number of carbonyl (C=O) groups is 2. The van der Waals surface area contributed by atoms with Crippen molar-refractivity contribution in [2.45, 2.75) is 6.92 Å². The molecular weight excluding hydrogens is 765 g/mol. The van der Waals surface area contributed by atoms with Gasteiger partial charge in [-0.05, 0) is 95.8 Å². The van der Waals surface area contributed by atoms with Crippen LogP contribution in [0.2, 0.25) is 0 Å². The number of rotatable bonds is 8. The zero-order valence-corrected chi connectivity index (χ0v) is 35.0. The van der Waals surface area contributed by atoms with Crippen LogP contribution in [-0.4, -0.2) is 111 Å². The number of nitrogens with one attached hydrogen (secondary N) is 1. The van der Waals surface area contributed by atoms with Crippen LogP contribution in [0.1, 0.15) is 27.6 Å². The van der Waals surface area contributed by atoms with E-state index in [1.54, 1.807) is 6.92 Å². The molecule has 0 radical (unpaired) electrons. The van der Waals surface area contributed by atoms with Gasteiger partial charge in [-0.25, -0.2) is 24.7 Å². The van der Waals surface area contributed by atoms with Crippen LogP contribution in [0, 0.1) is 0 Å². The van der Waals surface area contributed by atoms with Gasteiger partial charge in [0.2, 0.25) is 0 Å². The summed E-state index contributed by atoms with van der Waals surface area (Å²) < 4.78 is 9.20. The van der Waals surface area contributed by atoms with E-state index in [-0.39, 0.29) is 11.9 Å². The van der Waals surface area contributed by atoms with Gasteiger partial charge in [0.05, 0.1) is 45.3 Å². The van der Waals surface area contributed by atoms with Crippen LogP contribution in [0.5, 0.6) is 0 Å². The average Bonchev–Trinajstić information content (AvgIpc) is 3.85. The molecule has 61 heavy (non-hydrogen) atoms. The molecule has 6 heterocycles. The molecule has 0 bridgehead atoms. The van der Waals surface area contributed by atoms with E-state index in [9.17, 15) is 9.59 Å². The molecule has 0 unspecified atom stereocenters. The quantitative estimate of drug-likeness (QED) is 0.118. The molecule has 13 nitrogen and oxygen atoms in total. The topological polar surface area (TPSA) is 148 Å². The van der Waals surface area contributed by atoms with E-state index in [0.717, 1.165) is 85.6 Å². The molecule has 0 aliphatic rings. The fourth-order valence-corrected chi connectivity index (χ4v) is 7.37. The molecule has 13 heteroatoms. The monoisotopic (exact) mass is 812 g/mol. The minimum atomic E-state index is -0.372. The number of pyridine rings is 4. The van der Waals surface area contributed by atoms with Crippen molar-refractivity contribution in [3.05, 3.63) is 132 Å². The van der Waals surface area contributed by atoms with Crippen molar-refractivity contribution >= 4 is 89.1 Å². The van der Waals surface area contributed by atoms with Gasteiger partial charge in [-0.2, -0.15) is 0 Å². The number of amides is 1. The Labute approximate surface area is 352 Å². The molecule has 10 rings (SSSR count). The summed E-state index contributed by atoms with van der Waals surface area (Å²) in [5.74, 6) is -0.495. The van der Waals surface area contributed by atoms with Crippen LogP contribution >= 0.6 is 0 Å². The Morgan fingerprint density at radius 2 is 1.02 bits per heavy atom. The minimum absolute atomic E-state index is 0.123. The second-order valence-corrected chi connectivity index (χ2v) is 15.2. The van der Waals surface area contributed by atoms with Crippen LogP contribution in [-0.2, 0) is 4.74 Å². The highest BCUT2D eigenvalue weighted by Gasteiger charge is 2.21. The molecular formula is C48H48N10O3. The predicted molar refractivity (Wildman–Crippen MR) is 245 cm³/mol. The molecule has 0 atom stereocenters. The van der Waals surface area contributed by atoms with Crippen molar-refractivity contribution in [2.75, 3.05) is 61.0 Å². The Kier molecular flexibility index (Phi) is 11.8. The van der Waals surface area contributed by atoms with Crippen molar-refractivity contribution < 1.29 is 14.3 Å². The maximum atomic E-state index is 13.0. The predicted octanol–water partition coefficient (Wildman–Crippen LogP) is 7.35. The second-order valence-electron chi connectivity index (χ2n) is 15.2. The Balaban J connectivity index is 0.000000150. The van der Waals surface area contributed by atoms with Gasteiger partial charge in [0, 0.05) is 47.7 Å². The van der Waals surface area contributed by atoms with Crippen LogP contribution in [0.4, 0.5) is 0 Å². The lowest BCUT2D eigenvalue weighted by atomic mass is 10.1. The number of benzene rings is 4. The second kappa shape index (κ2) is 17.7. The van der Waals surface area contributed by atoms with Crippen molar-refractivity contribution in [3.63, 3.8) is 0 Å². The first kappa shape index (κ1) is 40.7. The SMILES string of the molecule is CCOC(=O)c1cc2cc3ccccc3nc2n2c1nc1ccccc12.CN(C)CCN.CN(C)CCNC(=O)c1cc2cc3ccccc3nc2n2c1nc1ccccc12. The van der Waals surface area contributed by atoms with E-state index in [1.165, 1.54) is 0 Å². The summed E-state index contributed by atoms with van der Waals surface area (Å²) in [7, 11) is 7.98. The summed E-state index contributed by atoms with van der Waals surface area (Å²) in [6.07, 6.45) is 0. The van der Waals surface area contributed by atoms with Gasteiger partial charge in [0.25, 0.3) is 5.91 Å². The van der Waals surface area contributed by atoms with Gasteiger partial charge in [0.15, 0.2) is 11.3 Å². The van der Waals surface area contributed by atoms with Crippen LogP contribution in [0.25, 0.3) is 77.2 Å². The van der Waals surface area contributed by atoms with E-state index in [2.05, 4.69) is 27.3 Å². The number of ether oxygens (including phenoxy) is 1. The van der Waals surface area contributed by atoms with E-state index in [1.807, 2.05) is 151 Å². The maximum absolute atomic E-state index is 13.0. The summed E-state index contributed by atoms with van der Waals surface area (Å²) in [4.78, 5) is 48.8. The number of aromatic nitrogens is 6. The van der Waals surface area contributed by atoms with Gasteiger partial charge < -0.3 is 25.6 Å². The third kappa shape index (κ3) is 8.26. The zero-order chi connectivity index (χ0) is 42.6. The highest BCUT2D eigenvalue weighted by Crippen LogP contribution is 2.30. The first-order chi connectivity index (χ1) is 29.6. The van der Waals surface area contributed by atoms with Crippen molar-refractivity contribution in [1.82, 2.24) is 43.9 Å². The molecule has 4 aromatic carbocycles. The third-order valence-corrected chi connectivity index (χ3v) is 10.3. The Hall–Kier alpha value is -7.06. The summed E-state index contributed by atoms with van der Waals surface area (Å²) >= 11 is 0. The fourth-order valence-electron chi connectivity index (χ4n) is 7.37. The lowest BCUT2D eigenvalue weighted by Gasteiger charge is -2.12. The van der Waals surface area contributed by atoms with Crippen LogP contribution in [0.15, 0.2) is 121 Å². The van der Waals surface area contributed by atoms with Gasteiger partial charge >= 0.3 is 5.97 Å². The van der Waals surface area contributed by atoms with Gasteiger partial charge in [-0.15, -0.1) is 0 Å². The normalized spacial score (nSPS) is 11.5. The van der Waals surface area contributed by atoms with E-state index >= 15 is 0 Å². The number of carbonyl (C=O) groups excluding carboxylic acids is 2. The van der Waals surface area contributed by atoms with E-state index in [4.69, 9.17) is 25.4 Å².